The van der Waals surface area contributed by atoms with Crippen molar-refractivity contribution in [2.24, 2.45) is 0 Å². The fraction of sp³-hybridized carbons (Fsp3) is 0.375. The molecule has 0 radical (unpaired) electrons. The molecule has 21 heavy (non-hydrogen) atoms. The number of methoxy groups -OCH3 is 2. The third-order valence-electron chi connectivity index (χ3n) is 3.10. The van der Waals surface area contributed by atoms with Crippen molar-refractivity contribution in [2.75, 3.05) is 14.2 Å². The molecule has 0 aliphatic carbocycles. The van der Waals surface area contributed by atoms with Crippen molar-refractivity contribution in [3.63, 3.8) is 0 Å². The molecule has 0 saturated carbocycles. The molecule has 2 rings (SSSR count). The summed E-state index contributed by atoms with van der Waals surface area (Å²) in [6.07, 6.45) is 1.05. The summed E-state index contributed by atoms with van der Waals surface area (Å²) in [5.74, 6) is 2.03. The number of alkyl halides is 1. The number of hydrogen-bond donors (Lipinski definition) is 0. The molecule has 0 aliphatic heterocycles. The molecular formula is C16H19BrO3S. The zero-order valence-electron chi connectivity index (χ0n) is 12.4. The fourth-order valence-corrected chi connectivity index (χ4v) is 3.18. The van der Waals surface area contributed by atoms with E-state index in [1.54, 1.807) is 25.6 Å². The number of aryl methyl sites for hydroxylation is 1. The van der Waals surface area contributed by atoms with Crippen LogP contribution >= 0.6 is 27.3 Å². The van der Waals surface area contributed by atoms with Crippen LogP contribution in [0.3, 0.4) is 0 Å². The van der Waals surface area contributed by atoms with Crippen molar-refractivity contribution in [2.45, 2.75) is 25.3 Å². The summed E-state index contributed by atoms with van der Waals surface area (Å²) in [6, 6.07) is 8.16. The third-order valence-corrected chi connectivity index (χ3v) is 4.95. The number of hydrogen-bond acceptors (Lipinski definition) is 4. The lowest BCUT2D eigenvalue weighted by atomic mass is 10.2. The normalized spacial score (nSPS) is 10.5. The van der Waals surface area contributed by atoms with E-state index in [-0.39, 0.29) is 0 Å². The highest BCUT2D eigenvalue weighted by atomic mass is 79.9. The van der Waals surface area contributed by atoms with E-state index < -0.39 is 0 Å². The third kappa shape index (κ3) is 3.92. The highest BCUT2D eigenvalue weighted by Gasteiger charge is 2.14. The van der Waals surface area contributed by atoms with E-state index in [2.05, 4.69) is 35.0 Å². The van der Waals surface area contributed by atoms with Crippen LogP contribution in [0, 0.1) is 0 Å². The van der Waals surface area contributed by atoms with Gasteiger partial charge in [-0.3, -0.25) is 0 Å². The van der Waals surface area contributed by atoms with Gasteiger partial charge in [-0.1, -0.05) is 22.9 Å². The van der Waals surface area contributed by atoms with E-state index in [4.69, 9.17) is 14.2 Å². The van der Waals surface area contributed by atoms with Crippen LogP contribution < -0.4 is 14.2 Å². The minimum Gasteiger partial charge on any atom is -0.493 e. The Labute approximate surface area is 138 Å². The highest BCUT2D eigenvalue weighted by Crippen LogP contribution is 2.39. The summed E-state index contributed by atoms with van der Waals surface area (Å²) in [4.78, 5) is 2.56. The van der Waals surface area contributed by atoms with Gasteiger partial charge in [0.1, 0.15) is 6.61 Å². The molecule has 1 heterocycles. The topological polar surface area (TPSA) is 27.7 Å². The van der Waals surface area contributed by atoms with E-state index in [1.165, 1.54) is 9.75 Å². The second-order valence-corrected chi connectivity index (χ2v) is 6.29. The zero-order valence-corrected chi connectivity index (χ0v) is 14.8. The van der Waals surface area contributed by atoms with Gasteiger partial charge in [0.05, 0.1) is 14.2 Å². The van der Waals surface area contributed by atoms with Crippen LogP contribution in [0.4, 0.5) is 0 Å². The Balaban J connectivity index is 2.21. The van der Waals surface area contributed by atoms with Gasteiger partial charge in [-0.15, -0.1) is 11.3 Å². The molecule has 5 heteroatoms. The van der Waals surface area contributed by atoms with E-state index >= 15 is 0 Å². The number of halogens is 1. The summed E-state index contributed by atoms with van der Waals surface area (Å²) in [5.41, 5.74) is 1.08. The SMILES string of the molecule is CCc1ccc(COc2c(OC)cc(CBr)cc2OC)s1. The number of ether oxygens (including phenoxy) is 3. The van der Waals surface area contributed by atoms with Crippen LogP contribution in [0.2, 0.25) is 0 Å². The predicted octanol–water partition coefficient (Wildman–Crippen LogP) is 4.80. The van der Waals surface area contributed by atoms with E-state index in [9.17, 15) is 0 Å². The van der Waals surface area contributed by atoms with Gasteiger partial charge in [-0.25, -0.2) is 0 Å². The average Bonchev–Trinajstić information content (AvgIpc) is 2.99. The van der Waals surface area contributed by atoms with Crippen molar-refractivity contribution in [3.8, 4) is 17.2 Å². The smallest absolute Gasteiger partial charge is 0.203 e. The molecule has 0 saturated heterocycles. The van der Waals surface area contributed by atoms with Crippen molar-refractivity contribution in [3.05, 3.63) is 39.6 Å². The molecule has 0 bridgehead atoms. The minimum atomic E-state index is 0.519. The van der Waals surface area contributed by atoms with Crippen LogP contribution in [0.25, 0.3) is 0 Å². The van der Waals surface area contributed by atoms with Gasteiger partial charge >= 0.3 is 0 Å². The van der Waals surface area contributed by atoms with Gasteiger partial charge in [0.15, 0.2) is 11.5 Å². The molecule has 1 aromatic heterocycles. The quantitative estimate of drug-likeness (QED) is 0.655. The number of thiophene rings is 1. The van der Waals surface area contributed by atoms with Crippen molar-refractivity contribution in [1.82, 2.24) is 0 Å². The average molecular weight is 371 g/mol. The molecule has 0 aliphatic rings. The maximum atomic E-state index is 5.94. The molecule has 3 nitrogen and oxygen atoms in total. The Morgan fingerprint density at radius 2 is 1.67 bits per heavy atom. The number of benzene rings is 1. The van der Waals surface area contributed by atoms with E-state index in [0.717, 1.165) is 17.3 Å². The summed E-state index contributed by atoms with van der Waals surface area (Å²) < 4.78 is 16.8. The second-order valence-electron chi connectivity index (χ2n) is 4.47. The molecule has 2 aromatic rings. The molecule has 114 valence electrons. The van der Waals surface area contributed by atoms with E-state index in [0.29, 0.717) is 23.9 Å². The van der Waals surface area contributed by atoms with Crippen LogP contribution in [-0.2, 0) is 18.4 Å². The summed E-state index contributed by atoms with van der Waals surface area (Å²) in [6.45, 7) is 2.67. The van der Waals surface area contributed by atoms with E-state index in [1.807, 2.05) is 12.1 Å². The molecule has 0 unspecified atom stereocenters. The Morgan fingerprint density at radius 1 is 1.05 bits per heavy atom. The maximum absolute atomic E-state index is 5.94. The lowest BCUT2D eigenvalue weighted by Crippen LogP contribution is -2.00. The molecule has 0 amide bonds. The maximum Gasteiger partial charge on any atom is 0.203 e. The first-order valence-electron chi connectivity index (χ1n) is 6.73. The van der Waals surface area contributed by atoms with Gasteiger partial charge in [-0.2, -0.15) is 0 Å². The Bertz CT molecular complexity index is 570. The van der Waals surface area contributed by atoms with Crippen LogP contribution in [0.1, 0.15) is 22.2 Å². The van der Waals surface area contributed by atoms with Gasteiger partial charge in [0.2, 0.25) is 5.75 Å². The molecule has 1 aromatic carbocycles. The van der Waals surface area contributed by atoms with Gasteiger partial charge in [-0.05, 0) is 36.2 Å². The Kier molecular flexibility index (Phi) is 5.94. The summed E-state index contributed by atoms with van der Waals surface area (Å²) in [7, 11) is 3.28. The summed E-state index contributed by atoms with van der Waals surface area (Å²) >= 11 is 5.22. The van der Waals surface area contributed by atoms with Gasteiger partial charge in [0.25, 0.3) is 0 Å². The van der Waals surface area contributed by atoms with Crippen molar-refractivity contribution < 1.29 is 14.2 Å². The van der Waals surface area contributed by atoms with Crippen LogP contribution in [0.15, 0.2) is 24.3 Å². The summed E-state index contributed by atoms with van der Waals surface area (Å²) in [5, 5.41) is 0.741. The predicted molar refractivity (Wildman–Crippen MR) is 90.2 cm³/mol. The van der Waals surface area contributed by atoms with Crippen LogP contribution in [0.5, 0.6) is 17.2 Å². The lowest BCUT2D eigenvalue weighted by molar-refractivity contribution is 0.268. The second kappa shape index (κ2) is 7.71. The molecule has 0 N–H and O–H groups in total. The number of rotatable bonds is 7. The minimum absolute atomic E-state index is 0.519. The zero-order chi connectivity index (χ0) is 15.2. The Hall–Kier alpha value is -1.20. The molecule has 0 spiro atoms. The first-order chi connectivity index (χ1) is 10.2. The molecule has 0 atom stereocenters. The van der Waals surface area contributed by atoms with Gasteiger partial charge < -0.3 is 14.2 Å². The van der Waals surface area contributed by atoms with Gasteiger partial charge in [0, 0.05) is 15.1 Å². The monoisotopic (exact) mass is 370 g/mol. The standard InChI is InChI=1S/C16H19BrO3S/c1-4-12-5-6-13(21-12)10-20-16-14(18-2)7-11(9-17)8-15(16)19-3/h5-8H,4,9-10H2,1-3H3. The van der Waals surface area contributed by atoms with Crippen molar-refractivity contribution in [1.29, 1.82) is 0 Å². The van der Waals surface area contributed by atoms with Crippen molar-refractivity contribution >= 4 is 27.3 Å². The Morgan fingerprint density at radius 3 is 2.14 bits per heavy atom. The van der Waals surface area contributed by atoms with Crippen LogP contribution in [-0.4, -0.2) is 14.2 Å². The first kappa shape index (κ1) is 16.2. The largest absolute Gasteiger partial charge is 0.493 e. The molecular weight excluding hydrogens is 352 g/mol. The molecule has 0 fully saturated rings. The fourth-order valence-electron chi connectivity index (χ4n) is 1.99. The first-order valence-corrected chi connectivity index (χ1v) is 8.66. The lowest BCUT2D eigenvalue weighted by Gasteiger charge is -2.15. The highest BCUT2D eigenvalue weighted by molar-refractivity contribution is 9.08.